The predicted molar refractivity (Wildman–Crippen MR) is 74.9 cm³/mol. The maximum atomic E-state index is 12.0. The summed E-state index contributed by atoms with van der Waals surface area (Å²) in [5.74, 6) is 1.20. The molecule has 0 aliphatic heterocycles. The van der Waals surface area contributed by atoms with Gasteiger partial charge in [-0.3, -0.25) is 4.79 Å². The van der Waals surface area contributed by atoms with E-state index in [2.05, 4.69) is 0 Å². The fourth-order valence-electron chi connectivity index (χ4n) is 1.98. The van der Waals surface area contributed by atoms with E-state index in [1.165, 1.54) is 11.7 Å². The zero-order valence-corrected chi connectivity index (χ0v) is 11.5. The average molecular weight is 270 g/mol. The predicted octanol–water partition coefficient (Wildman–Crippen LogP) is 1.94. The molecule has 0 unspecified atom stereocenters. The number of hydrogen-bond acceptors (Lipinski definition) is 4. The van der Waals surface area contributed by atoms with Crippen LogP contribution in [0.1, 0.15) is 5.56 Å². The first-order chi connectivity index (χ1) is 9.62. The van der Waals surface area contributed by atoms with E-state index in [4.69, 9.17) is 9.47 Å². The second-order valence-corrected chi connectivity index (χ2v) is 4.20. The van der Waals surface area contributed by atoms with Crippen LogP contribution >= 0.6 is 0 Å². The van der Waals surface area contributed by atoms with Gasteiger partial charge in [0, 0.05) is 30.4 Å². The molecule has 5 heteroatoms. The first-order valence-electron chi connectivity index (χ1n) is 5.94. The van der Waals surface area contributed by atoms with Crippen molar-refractivity contribution in [2.45, 2.75) is 0 Å². The van der Waals surface area contributed by atoms with E-state index in [-0.39, 0.29) is 11.1 Å². The summed E-state index contributed by atoms with van der Waals surface area (Å²) >= 11 is 0. The van der Waals surface area contributed by atoms with E-state index in [1.807, 2.05) is 6.07 Å². The van der Waals surface area contributed by atoms with E-state index in [9.17, 15) is 10.1 Å². The maximum absolute atomic E-state index is 12.0. The van der Waals surface area contributed by atoms with Gasteiger partial charge in [0.2, 0.25) is 0 Å². The number of methoxy groups -OCH3 is 2. The molecule has 5 nitrogen and oxygen atoms in total. The van der Waals surface area contributed by atoms with Crippen molar-refractivity contribution in [1.82, 2.24) is 4.57 Å². The second kappa shape index (κ2) is 5.49. The van der Waals surface area contributed by atoms with Crippen LogP contribution < -0.4 is 15.0 Å². The van der Waals surface area contributed by atoms with Gasteiger partial charge in [0.05, 0.1) is 14.2 Å². The van der Waals surface area contributed by atoms with Crippen LogP contribution in [0.15, 0.2) is 35.3 Å². The van der Waals surface area contributed by atoms with Gasteiger partial charge >= 0.3 is 0 Å². The van der Waals surface area contributed by atoms with Gasteiger partial charge in [-0.1, -0.05) is 0 Å². The number of nitrogens with zero attached hydrogens (tertiary/aromatic N) is 2. The Labute approximate surface area is 116 Å². The van der Waals surface area contributed by atoms with Gasteiger partial charge in [-0.05, 0) is 18.2 Å². The Bertz CT molecular complexity index is 742. The molecule has 0 saturated carbocycles. The normalized spacial score (nSPS) is 9.90. The molecule has 0 N–H and O–H groups in total. The minimum Gasteiger partial charge on any atom is -0.497 e. The van der Waals surface area contributed by atoms with Crippen molar-refractivity contribution < 1.29 is 9.47 Å². The smallest absolute Gasteiger partial charge is 0.268 e. The summed E-state index contributed by atoms with van der Waals surface area (Å²) in [6, 6.07) is 8.94. The third-order valence-corrected chi connectivity index (χ3v) is 3.08. The molecule has 1 aromatic carbocycles. The van der Waals surface area contributed by atoms with Crippen molar-refractivity contribution in [3.8, 4) is 28.7 Å². The standard InChI is InChI=1S/C15H14N2O3/c1-17-7-6-11(13(9-16)15(17)18)12-5-4-10(19-2)8-14(12)20-3/h4-8H,1-3H3. The minimum atomic E-state index is -0.331. The topological polar surface area (TPSA) is 64.2 Å². The molecule has 0 atom stereocenters. The highest BCUT2D eigenvalue weighted by atomic mass is 16.5. The van der Waals surface area contributed by atoms with Gasteiger partial charge in [-0.25, -0.2) is 0 Å². The Kier molecular flexibility index (Phi) is 3.76. The molecule has 0 aliphatic rings. The molecule has 0 aliphatic carbocycles. The third kappa shape index (κ3) is 2.24. The van der Waals surface area contributed by atoms with Crippen LogP contribution in [0.3, 0.4) is 0 Å². The number of benzene rings is 1. The molecule has 0 bridgehead atoms. The highest BCUT2D eigenvalue weighted by molar-refractivity contribution is 5.76. The molecule has 0 fully saturated rings. The summed E-state index contributed by atoms with van der Waals surface area (Å²) in [6.07, 6.45) is 1.63. The number of hydrogen-bond donors (Lipinski definition) is 0. The van der Waals surface area contributed by atoms with Crippen LogP contribution in [0.4, 0.5) is 0 Å². The second-order valence-electron chi connectivity index (χ2n) is 4.20. The highest BCUT2D eigenvalue weighted by Crippen LogP contribution is 2.33. The number of aryl methyl sites for hydroxylation is 1. The SMILES string of the molecule is COc1ccc(-c2ccn(C)c(=O)c2C#N)c(OC)c1. The molecule has 102 valence electrons. The number of aromatic nitrogens is 1. The molecule has 20 heavy (non-hydrogen) atoms. The van der Waals surface area contributed by atoms with Crippen LogP contribution in [-0.4, -0.2) is 18.8 Å². The van der Waals surface area contributed by atoms with Crippen molar-refractivity contribution in [2.75, 3.05) is 14.2 Å². The summed E-state index contributed by atoms with van der Waals surface area (Å²) in [5.41, 5.74) is 0.999. The molecule has 0 saturated heterocycles. The monoisotopic (exact) mass is 270 g/mol. The van der Waals surface area contributed by atoms with E-state index in [1.54, 1.807) is 44.6 Å². The van der Waals surface area contributed by atoms with E-state index in [0.717, 1.165) is 0 Å². The Balaban J connectivity index is 2.72. The van der Waals surface area contributed by atoms with Crippen molar-refractivity contribution in [3.63, 3.8) is 0 Å². The number of pyridine rings is 1. The van der Waals surface area contributed by atoms with Gasteiger partial charge in [0.15, 0.2) is 0 Å². The van der Waals surface area contributed by atoms with Crippen LogP contribution in [0, 0.1) is 11.3 Å². The van der Waals surface area contributed by atoms with E-state index >= 15 is 0 Å². The Hall–Kier alpha value is -2.74. The molecule has 2 aromatic rings. The lowest BCUT2D eigenvalue weighted by Gasteiger charge is -2.12. The first-order valence-corrected chi connectivity index (χ1v) is 5.94. The average Bonchev–Trinajstić information content (AvgIpc) is 2.49. The lowest BCUT2D eigenvalue weighted by molar-refractivity contribution is 0.395. The lowest BCUT2D eigenvalue weighted by Crippen LogP contribution is -2.19. The first kappa shape index (κ1) is 13.7. The molecule has 1 heterocycles. The fourth-order valence-corrected chi connectivity index (χ4v) is 1.98. The van der Waals surface area contributed by atoms with Crippen LogP contribution in [-0.2, 0) is 7.05 Å². The summed E-state index contributed by atoms with van der Waals surface area (Å²) in [4.78, 5) is 12.0. The zero-order chi connectivity index (χ0) is 14.7. The lowest BCUT2D eigenvalue weighted by atomic mass is 10.0. The van der Waals surface area contributed by atoms with Crippen molar-refractivity contribution in [1.29, 1.82) is 5.26 Å². The molecular formula is C15H14N2O3. The van der Waals surface area contributed by atoms with Crippen LogP contribution in [0.5, 0.6) is 11.5 Å². The van der Waals surface area contributed by atoms with Crippen molar-refractivity contribution in [3.05, 3.63) is 46.4 Å². The Morgan fingerprint density at radius 3 is 2.50 bits per heavy atom. The van der Waals surface area contributed by atoms with Crippen LogP contribution in [0.25, 0.3) is 11.1 Å². The Morgan fingerprint density at radius 1 is 1.15 bits per heavy atom. The fraction of sp³-hybridized carbons (Fsp3) is 0.200. The van der Waals surface area contributed by atoms with Gasteiger partial charge in [0.1, 0.15) is 23.1 Å². The molecule has 0 spiro atoms. The van der Waals surface area contributed by atoms with E-state index < -0.39 is 0 Å². The van der Waals surface area contributed by atoms with Crippen molar-refractivity contribution >= 4 is 0 Å². The largest absolute Gasteiger partial charge is 0.497 e. The number of nitriles is 1. The van der Waals surface area contributed by atoms with Crippen molar-refractivity contribution in [2.24, 2.45) is 7.05 Å². The number of ether oxygens (including phenoxy) is 2. The molecule has 0 amide bonds. The molecule has 0 radical (unpaired) electrons. The summed E-state index contributed by atoms with van der Waals surface area (Å²) < 4.78 is 11.8. The minimum absolute atomic E-state index is 0.0958. The summed E-state index contributed by atoms with van der Waals surface area (Å²) in [7, 11) is 4.71. The van der Waals surface area contributed by atoms with Gasteiger partial charge in [0.25, 0.3) is 5.56 Å². The highest BCUT2D eigenvalue weighted by Gasteiger charge is 2.14. The van der Waals surface area contributed by atoms with Gasteiger partial charge < -0.3 is 14.0 Å². The van der Waals surface area contributed by atoms with Gasteiger partial charge in [-0.15, -0.1) is 0 Å². The Morgan fingerprint density at radius 2 is 1.90 bits per heavy atom. The maximum Gasteiger partial charge on any atom is 0.268 e. The third-order valence-electron chi connectivity index (χ3n) is 3.08. The molecular weight excluding hydrogens is 256 g/mol. The molecule has 1 aromatic heterocycles. The summed E-state index contributed by atoms with van der Waals surface area (Å²) in [5, 5.41) is 9.22. The summed E-state index contributed by atoms with van der Waals surface area (Å²) in [6.45, 7) is 0. The quantitative estimate of drug-likeness (QED) is 0.855. The van der Waals surface area contributed by atoms with E-state index in [0.29, 0.717) is 22.6 Å². The number of rotatable bonds is 3. The zero-order valence-electron chi connectivity index (χ0n) is 11.5. The van der Waals surface area contributed by atoms with Gasteiger partial charge in [-0.2, -0.15) is 5.26 Å². The van der Waals surface area contributed by atoms with Crippen LogP contribution in [0.2, 0.25) is 0 Å². The molecule has 2 rings (SSSR count).